The van der Waals surface area contributed by atoms with Crippen LogP contribution in [0, 0.1) is 0 Å². The minimum Gasteiger partial charge on any atom is -0.508 e. The van der Waals surface area contributed by atoms with Gasteiger partial charge in [-0.25, -0.2) is 4.57 Å². The zero-order valence-electron chi connectivity index (χ0n) is 13.5. The highest BCUT2D eigenvalue weighted by atomic mass is 35.5. The predicted octanol–water partition coefficient (Wildman–Crippen LogP) is 4.28. The Morgan fingerprint density at radius 2 is 1.80 bits per heavy atom. The average Bonchev–Trinajstić information content (AvgIpc) is 2.61. The number of nitrogens with zero attached hydrogens (tertiary/aromatic N) is 1. The Morgan fingerprint density at radius 3 is 2.52 bits per heavy atom. The van der Waals surface area contributed by atoms with Gasteiger partial charge >= 0.3 is 0 Å². The van der Waals surface area contributed by atoms with Crippen LogP contribution in [0.5, 0.6) is 5.75 Å². The maximum atomic E-state index is 12.1. The summed E-state index contributed by atoms with van der Waals surface area (Å²) in [6.07, 6.45) is 7.18. The van der Waals surface area contributed by atoms with E-state index in [2.05, 4.69) is 0 Å². The van der Waals surface area contributed by atoms with Gasteiger partial charge in [0.2, 0.25) is 0 Å². The largest absolute Gasteiger partial charge is 0.508 e. The number of benzene rings is 2. The molecule has 1 N–H and O–H groups in total. The highest BCUT2D eigenvalue weighted by molar-refractivity contribution is 6.30. The standard InChI is InChI=1S/C21H16ClNO2/c22-19-5-1-3-17(13-19)15-23-11-9-16(10-12-23)7-8-21(25)18-4-2-6-20(24)14-18/h1-14H,15H2/p+1/b8-7+. The van der Waals surface area contributed by atoms with E-state index in [1.54, 1.807) is 18.2 Å². The molecule has 0 fully saturated rings. The molecule has 1 heterocycles. The number of aromatic hydroxyl groups is 1. The van der Waals surface area contributed by atoms with Crippen molar-refractivity contribution in [3.05, 3.63) is 101 Å². The molecule has 0 saturated heterocycles. The molecule has 3 aromatic rings. The maximum Gasteiger partial charge on any atom is 0.185 e. The van der Waals surface area contributed by atoms with Gasteiger partial charge in [-0.1, -0.05) is 41.9 Å². The van der Waals surface area contributed by atoms with Gasteiger partial charge in [-0.3, -0.25) is 4.79 Å². The van der Waals surface area contributed by atoms with Gasteiger partial charge in [0.05, 0.1) is 0 Å². The molecule has 0 aliphatic rings. The van der Waals surface area contributed by atoms with Crippen LogP contribution >= 0.6 is 11.6 Å². The fraction of sp³-hybridized carbons (Fsp3) is 0.0476. The van der Waals surface area contributed by atoms with Gasteiger partial charge in [-0.05, 0) is 35.9 Å². The Morgan fingerprint density at radius 1 is 1.04 bits per heavy atom. The van der Waals surface area contributed by atoms with E-state index in [0.717, 1.165) is 22.7 Å². The van der Waals surface area contributed by atoms with Gasteiger partial charge in [0.15, 0.2) is 24.7 Å². The van der Waals surface area contributed by atoms with Crippen molar-refractivity contribution in [3.63, 3.8) is 0 Å². The highest BCUT2D eigenvalue weighted by Gasteiger charge is 2.04. The van der Waals surface area contributed by atoms with Crippen molar-refractivity contribution >= 4 is 23.5 Å². The summed E-state index contributed by atoms with van der Waals surface area (Å²) in [5, 5.41) is 10.2. The molecule has 0 radical (unpaired) electrons. The minimum absolute atomic E-state index is 0.0843. The van der Waals surface area contributed by atoms with E-state index in [9.17, 15) is 9.90 Å². The van der Waals surface area contributed by atoms with Crippen molar-refractivity contribution in [3.8, 4) is 5.75 Å². The molecule has 3 nitrogen and oxygen atoms in total. The third-order valence-electron chi connectivity index (χ3n) is 3.73. The second-order valence-electron chi connectivity index (χ2n) is 5.68. The summed E-state index contributed by atoms with van der Waals surface area (Å²) in [7, 11) is 0. The van der Waals surface area contributed by atoms with Crippen LogP contribution in [0.1, 0.15) is 21.5 Å². The van der Waals surface area contributed by atoms with E-state index in [0.29, 0.717) is 5.56 Å². The number of phenolic OH excluding ortho intramolecular Hbond substituents is 1. The van der Waals surface area contributed by atoms with Crippen molar-refractivity contribution < 1.29 is 14.5 Å². The lowest BCUT2D eigenvalue weighted by Gasteiger charge is -1.99. The fourth-order valence-electron chi connectivity index (χ4n) is 2.46. The lowest BCUT2D eigenvalue weighted by molar-refractivity contribution is -0.688. The number of carbonyl (C=O) groups is 1. The number of rotatable bonds is 5. The molecular weight excluding hydrogens is 334 g/mol. The quantitative estimate of drug-likeness (QED) is 0.424. The van der Waals surface area contributed by atoms with Gasteiger partial charge in [0, 0.05) is 28.3 Å². The summed E-state index contributed by atoms with van der Waals surface area (Å²) in [6.45, 7) is 0.729. The predicted molar refractivity (Wildman–Crippen MR) is 98.7 cm³/mol. The van der Waals surface area contributed by atoms with Gasteiger partial charge in [0.25, 0.3) is 0 Å². The number of pyridine rings is 1. The number of allylic oxidation sites excluding steroid dienone is 1. The van der Waals surface area contributed by atoms with Crippen LogP contribution < -0.4 is 4.57 Å². The zero-order valence-corrected chi connectivity index (χ0v) is 14.2. The van der Waals surface area contributed by atoms with E-state index in [4.69, 9.17) is 11.6 Å². The van der Waals surface area contributed by atoms with E-state index < -0.39 is 0 Å². The number of ketones is 1. The minimum atomic E-state index is -0.147. The molecule has 0 unspecified atom stereocenters. The Bertz CT molecular complexity index is 917. The Hall–Kier alpha value is -2.91. The highest BCUT2D eigenvalue weighted by Crippen LogP contribution is 2.13. The summed E-state index contributed by atoms with van der Waals surface area (Å²) >= 11 is 6.00. The van der Waals surface area contributed by atoms with Crippen LogP contribution in [0.25, 0.3) is 6.08 Å². The molecule has 0 spiro atoms. The zero-order chi connectivity index (χ0) is 17.6. The molecule has 0 atom stereocenters. The van der Waals surface area contributed by atoms with Gasteiger partial charge < -0.3 is 5.11 Å². The van der Waals surface area contributed by atoms with Gasteiger partial charge in [0.1, 0.15) is 5.75 Å². The summed E-state index contributed by atoms with van der Waals surface area (Å²) in [5.74, 6) is -0.0624. The number of hydrogen-bond donors (Lipinski definition) is 1. The van der Waals surface area contributed by atoms with E-state index in [-0.39, 0.29) is 11.5 Å². The van der Waals surface area contributed by atoms with E-state index in [1.807, 2.05) is 53.4 Å². The molecule has 25 heavy (non-hydrogen) atoms. The first kappa shape index (κ1) is 16.9. The topological polar surface area (TPSA) is 41.2 Å². The van der Waals surface area contributed by atoms with Crippen molar-refractivity contribution in [1.29, 1.82) is 0 Å². The normalized spacial score (nSPS) is 10.9. The summed E-state index contributed by atoms with van der Waals surface area (Å²) in [6, 6.07) is 18.0. The van der Waals surface area contributed by atoms with Crippen molar-refractivity contribution in [2.45, 2.75) is 6.54 Å². The Balaban J connectivity index is 1.67. The van der Waals surface area contributed by atoms with Crippen LogP contribution in [0.2, 0.25) is 5.02 Å². The molecule has 0 aliphatic carbocycles. The third-order valence-corrected chi connectivity index (χ3v) is 3.96. The maximum absolute atomic E-state index is 12.1. The number of halogens is 1. The lowest BCUT2D eigenvalue weighted by atomic mass is 10.1. The molecule has 4 heteroatoms. The molecule has 124 valence electrons. The summed E-state index contributed by atoms with van der Waals surface area (Å²) in [5.41, 5.74) is 2.51. The van der Waals surface area contributed by atoms with E-state index >= 15 is 0 Å². The molecule has 3 rings (SSSR count). The van der Waals surface area contributed by atoms with Crippen LogP contribution in [0.3, 0.4) is 0 Å². The average molecular weight is 351 g/mol. The smallest absolute Gasteiger partial charge is 0.185 e. The van der Waals surface area contributed by atoms with Crippen LogP contribution in [-0.4, -0.2) is 10.9 Å². The van der Waals surface area contributed by atoms with Crippen molar-refractivity contribution in [1.82, 2.24) is 0 Å². The summed E-state index contributed by atoms with van der Waals surface area (Å²) < 4.78 is 2.04. The van der Waals surface area contributed by atoms with Crippen LogP contribution in [0.4, 0.5) is 0 Å². The van der Waals surface area contributed by atoms with Crippen molar-refractivity contribution in [2.75, 3.05) is 0 Å². The molecule has 2 aromatic carbocycles. The molecule has 0 saturated carbocycles. The Kier molecular flexibility index (Phi) is 5.26. The first-order valence-corrected chi connectivity index (χ1v) is 8.23. The lowest BCUT2D eigenvalue weighted by Crippen LogP contribution is -2.33. The van der Waals surface area contributed by atoms with Crippen molar-refractivity contribution in [2.24, 2.45) is 0 Å². The van der Waals surface area contributed by atoms with Crippen LogP contribution in [-0.2, 0) is 6.54 Å². The number of aromatic nitrogens is 1. The number of phenols is 1. The summed E-state index contributed by atoms with van der Waals surface area (Å²) in [4.78, 5) is 12.1. The SMILES string of the molecule is O=C(/C=C/c1cc[n+](Cc2cccc(Cl)c2)cc1)c1cccc(O)c1. The molecule has 0 aliphatic heterocycles. The molecule has 0 bridgehead atoms. The second kappa shape index (κ2) is 7.77. The molecule has 0 amide bonds. The Labute approximate surface area is 151 Å². The fourth-order valence-corrected chi connectivity index (χ4v) is 2.67. The van der Waals surface area contributed by atoms with Gasteiger partial charge in [-0.2, -0.15) is 0 Å². The van der Waals surface area contributed by atoms with Gasteiger partial charge in [-0.15, -0.1) is 0 Å². The second-order valence-corrected chi connectivity index (χ2v) is 6.12. The molecular formula is C21H17ClNO2+. The first-order valence-electron chi connectivity index (χ1n) is 7.85. The monoisotopic (exact) mass is 350 g/mol. The first-order chi connectivity index (χ1) is 12.1. The van der Waals surface area contributed by atoms with Crippen LogP contribution in [0.15, 0.2) is 79.1 Å². The number of hydrogen-bond acceptors (Lipinski definition) is 2. The van der Waals surface area contributed by atoms with E-state index in [1.165, 1.54) is 18.2 Å². The number of carbonyl (C=O) groups excluding carboxylic acids is 1. The molecule has 1 aromatic heterocycles. The third kappa shape index (κ3) is 4.78.